The number of amides is 1. The number of nitrogens with zero attached hydrogens (tertiary/aromatic N) is 1. The highest BCUT2D eigenvalue weighted by Crippen LogP contribution is 2.28. The fourth-order valence-corrected chi connectivity index (χ4v) is 2.20. The Bertz CT molecular complexity index is 892. The van der Waals surface area contributed by atoms with Crippen LogP contribution >= 0.6 is 0 Å². The van der Waals surface area contributed by atoms with E-state index in [1.54, 1.807) is 12.1 Å². The van der Waals surface area contributed by atoms with E-state index in [9.17, 15) is 19.7 Å². The molecule has 2 rings (SSSR count). The molecule has 0 fully saturated rings. The molecule has 0 unspecified atom stereocenters. The number of benzene rings is 2. The lowest BCUT2D eigenvalue weighted by molar-refractivity contribution is -0.385. The first kappa shape index (κ1) is 19.6. The number of rotatable bonds is 8. The number of hydrogen-bond acceptors (Lipinski definition) is 5. The van der Waals surface area contributed by atoms with Gasteiger partial charge in [0.15, 0.2) is 5.75 Å². The van der Waals surface area contributed by atoms with Gasteiger partial charge in [0.2, 0.25) is 5.91 Å². The first-order valence-electron chi connectivity index (χ1n) is 8.14. The molecule has 0 saturated carbocycles. The van der Waals surface area contributed by atoms with E-state index in [1.165, 1.54) is 42.5 Å². The van der Waals surface area contributed by atoms with Crippen molar-refractivity contribution in [3.05, 3.63) is 69.8 Å². The Morgan fingerprint density at radius 1 is 1.26 bits per heavy atom. The molecule has 1 amide bonds. The van der Waals surface area contributed by atoms with E-state index in [0.717, 1.165) is 6.42 Å². The molecule has 0 radical (unpaired) electrons. The summed E-state index contributed by atoms with van der Waals surface area (Å²) in [7, 11) is 0. The van der Waals surface area contributed by atoms with Crippen LogP contribution in [0, 0.1) is 10.1 Å². The number of nitro benzene ring substituents is 1. The van der Waals surface area contributed by atoms with Crippen LogP contribution in [0.15, 0.2) is 48.5 Å². The van der Waals surface area contributed by atoms with E-state index < -0.39 is 16.8 Å². The zero-order valence-corrected chi connectivity index (χ0v) is 14.5. The molecule has 0 spiro atoms. The van der Waals surface area contributed by atoms with Crippen LogP contribution in [0.4, 0.5) is 11.4 Å². The Balaban J connectivity index is 2.11. The van der Waals surface area contributed by atoms with Gasteiger partial charge in [0.25, 0.3) is 0 Å². The van der Waals surface area contributed by atoms with Crippen LogP contribution in [0.25, 0.3) is 6.08 Å². The van der Waals surface area contributed by atoms with Gasteiger partial charge in [-0.15, -0.1) is 0 Å². The maximum Gasteiger partial charge on any atom is 0.335 e. The number of anilines is 1. The molecule has 0 atom stereocenters. The number of nitrogens with one attached hydrogen (secondary N) is 1. The largest absolute Gasteiger partial charge is 0.487 e. The molecular formula is C19H18N2O6. The Labute approximate surface area is 155 Å². The van der Waals surface area contributed by atoms with Crippen LogP contribution in [0.3, 0.4) is 0 Å². The molecule has 0 bridgehead atoms. The monoisotopic (exact) mass is 370 g/mol. The average molecular weight is 370 g/mol. The highest BCUT2D eigenvalue weighted by molar-refractivity contribution is 6.02. The summed E-state index contributed by atoms with van der Waals surface area (Å²) in [6, 6.07) is 10.2. The predicted octanol–water partition coefficient (Wildman–Crippen LogP) is 3.73. The van der Waals surface area contributed by atoms with Gasteiger partial charge in [0, 0.05) is 17.8 Å². The lowest BCUT2D eigenvalue weighted by atomic mass is 10.1. The summed E-state index contributed by atoms with van der Waals surface area (Å²) in [6.07, 6.45) is 3.36. The molecule has 8 heteroatoms. The molecule has 2 aromatic carbocycles. The minimum atomic E-state index is -1.10. The third kappa shape index (κ3) is 5.67. The normalized spacial score (nSPS) is 10.6. The molecule has 8 nitrogen and oxygen atoms in total. The number of carbonyl (C=O) groups is 2. The van der Waals surface area contributed by atoms with Crippen molar-refractivity contribution in [3.63, 3.8) is 0 Å². The van der Waals surface area contributed by atoms with Crippen molar-refractivity contribution in [1.82, 2.24) is 0 Å². The summed E-state index contributed by atoms with van der Waals surface area (Å²) in [6.45, 7) is 2.27. The van der Waals surface area contributed by atoms with Crippen LogP contribution in [-0.4, -0.2) is 28.5 Å². The zero-order valence-electron chi connectivity index (χ0n) is 14.5. The second-order valence-corrected chi connectivity index (χ2v) is 5.54. The first-order valence-corrected chi connectivity index (χ1v) is 8.14. The first-order chi connectivity index (χ1) is 12.9. The van der Waals surface area contributed by atoms with Gasteiger partial charge in [0.05, 0.1) is 17.1 Å². The van der Waals surface area contributed by atoms with Crippen molar-refractivity contribution in [2.75, 3.05) is 11.9 Å². The van der Waals surface area contributed by atoms with Crippen LogP contribution in [0.2, 0.25) is 0 Å². The van der Waals surface area contributed by atoms with E-state index in [4.69, 9.17) is 9.84 Å². The number of aromatic carboxylic acids is 1. The molecule has 2 aromatic rings. The zero-order chi connectivity index (χ0) is 19.8. The Kier molecular flexibility index (Phi) is 6.65. The Morgan fingerprint density at radius 2 is 2.04 bits per heavy atom. The summed E-state index contributed by atoms with van der Waals surface area (Å²) in [4.78, 5) is 33.6. The van der Waals surface area contributed by atoms with Gasteiger partial charge in [0.1, 0.15) is 0 Å². The van der Waals surface area contributed by atoms with Crippen LogP contribution < -0.4 is 10.1 Å². The summed E-state index contributed by atoms with van der Waals surface area (Å²) < 4.78 is 5.34. The van der Waals surface area contributed by atoms with Crippen molar-refractivity contribution in [1.29, 1.82) is 0 Å². The van der Waals surface area contributed by atoms with Gasteiger partial charge in [-0.1, -0.05) is 19.1 Å². The average Bonchev–Trinajstić information content (AvgIpc) is 2.65. The second-order valence-electron chi connectivity index (χ2n) is 5.54. The highest BCUT2D eigenvalue weighted by Gasteiger charge is 2.15. The molecule has 140 valence electrons. The molecule has 0 saturated heterocycles. The lowest BCUT2D eigenvalue weighted by Gasteiger charge is -2.06. The van der Waals surface area contributed by atoms with E-state index >= 15 is 0 Å². The third-order valence-corrected chi connectivity index (χ3v) is 3.45. The maximum absolute atomic E-state index is 12.0. The molecule has 0 aliphatic carbocycles. The lowest BCUT2D eigenvalue weighted by Crippen LogP contribution is -2.08. The van der Waals surface area contributed by atoms with Gasteiger partial charge in [-0.3, -0.25) is 14.9 Å². The second kappa shape index (κ2) is 9.14. The maximum atomic E-state index is 12.0. The topological polar surface area (TPSA) is 119 Å². The van der Waals surface area contributed by atoms with Gasteiger partial charge >= 0.3 is 11.7 Å². The van der Waals surface area contributed by atoms with Crippen LogP contribution in [0.1, 0.15) is 29.3 Å². The Hall–Kier alpha value is -3.68. The number of carboxylic acid groups (broad SMARTS) is 1. The van der Waals surface area contributed by atoms with Crippen molar-refractivity contribution in [3.8, 4) is 5.75 Å². The minimum absolute atomic E-state index is 0.0510. The number of hydrogen-bond donors (Lipinski definition) is 2. The van der Waals surface area contributed by atoms with Gasteiger partial charge in [-0.2, -0.15) is 0 Å². The summed E-state index contributed by atoms with van der Waals surface area (Å²) in [5.41, 5.74) is 0.661. The summed E-state index contributed by atoms with van der Waals surface area (Å²) >= 11 is 0. The van der Waals surface area contributed by atoms with Crippen molar-refractivity contribution in [2.45, 2.75) is 13.3 Å². The highest BCUT2D eigenvalue weighted by atomic mass is 16.6. The van der Waals surface area contributed by atoms with Crippen LogP contribution in [0.5, 0.6) is 5.75 Å². The van der Waals surface area contributed by atoms with E-state index in [-0.39, 0.29) is 17.0 Å². The third-order valence-electron chi connectivity index (χ3n) is 3.45. The van der Waals surface area contributed by atoms with E-state index in [2.05, 4.69) is 5.32 Å². The van der Waals surface area contributed by atoms with Crippen LogP contribution in [-0.2, 0) is 4.79 Å². The number of nitro groups is 1. The number of ether oxygens (including phenoxy) is 1. The van der Waals surface area contributed by atoms with Gasteiger partial charge in [-0.05, 0) is 42.3 Å². The predicted molar refractivity (Wildman–Crippen MR) is 99.9 cm³/mol. The standard InChI is InChI=1S/C19H18N2O6/c1-2-10-27-17-8-6-13(11-16(17)21(25)26)7-9-18(22)20-15-5-3-4-14(12-15)19(23)24/h3-9,11-12H,2,10H2,1H3,(H,20,22)(H,23,24)/b9-7+. The Morgan fingerprint density at radius 3 is 2.70 bits per heavy atom. The quantitative estimate of drug-likeness (QED) is 0.415. The van der Waals surface area contributed by atoms with Crippen molar-refractivity contribution < 1.29 is 24.4 Å². The smallest absolute Gasteiger partial charge is 0.335 e. The van der Waals surface area contributed by atoms with E-state index in [1.807, 2.05) is 6.92 Å². The molecule has 0 heterocycles. The molecule has 27 heavy (non-hydrogen) atoms. The molecule has 2 N–H and O–H groups in total. The van der Waals surface area contributed by atoms with Crippen molar-refractivity contribution in [2.24, 2.45) is 0 Å². The molecule has 0 aliphatic heterocycles. The fraction of sp³-hybridized carbons (Fsp3) is 0.158. The number of carbonyl (C=O) groups excluding carboxylic acids is 1. The van der Waals surface area contributed by atoms with Gasteiger partial charge in [-0.25, -0.2) is 4.79 Å². The molecule has 0 aromatic heterocycles. The molecule has 0 aliphatic rings. The van der Waals surface area contributed by atoms with Gasteiger partial charge < -0.3 is 15.2 Å². The summed E-state index contributed by atoms with van der Waals surface area (Å²) in [5, 5.41) is 22.7. The molecular weight excluding hydrogens is 352 g/mol. The minimum Gasteiger partial charge on any atom is -0.487 e. The fourth-order valence-electron chi connectivity index (χ4n) is 2.20. The van der Waals surface area contributed by atoms with E-state index in [0.29, 0.717) is 17.9 Å². The summed E-state index contributed by atoms with van der Waals surface area (Å²) in [5.74, 6) is -1.42. The SMILES string of the molecule is CCCOc1ccc(/C=C/C(=O)Nc2cccc(C(=O)O)c2)cc1[N+](=O)[O-]. The van der Waals surface area contributed by atoms with Crippen molar-refractivity contribution >= 4 is 29.3 Å². The number of carboxylic acids is 1.